The number of amides is 1. The summed E-state index contributed by atoms with van der Waals surface area (Å²) in [6.45, 7) is 6.71. The molecule has 0 unspecified atom stereocenters. The molecule has 1 amide bonds. The highest BCUT2D eigenvalue weighted by Crippen LogP contribution is 1.96. The van der Waals surface area contributed by atoms with Crippen LogP contribution in [0.15, 0.2) is 12.4 Å². The van der Waals surface area contributed by atoms with Crippen molar-refractivity contribution in [1.82, 2.24) is 20.2 Å². The summed E-state index contributed by atoms with van der Waals surface area (Å²) in [5.41, 5.74) is 1.17. The van der Waals surface area contributed by atoms with Crippen LogP contribution < -0.4 is 5.32 Å². The quantitative estimate of drug-likeness (QED) is 0.804. The van der Waals surface area contributed by atoms with Crippen LogP contribution in [0.2, 0.25) is 0 Å². The molecule has 6 heteroatoms. The first-order chi connectivity index (χ1) is 8.75. The first-order valence-electron chi connectivity index (χ1n) is 6.12. The van der Waals surface area contributed by atoms with Gasteiger partial charge in [-0.15, -0.1) is 0 Å². The molecular weight excluding hydrogens is 232 g/mol. The summed E-state index contributed by atoms with van der Waals surface area (Å²) in [5, 5.41) is 2.84. The minimum Gasteiger partial charge on any atom is -0.379 e. The van der Waals surface area contributed by atoms with Gasteiger partial charge in [0.25, 0.3) is 5.91 Å². The van der Waals surface area contributed by atoms with Crippen LogP contribution in [0, 0.1) is 6.92 Å². The van der Waals surface area contributed by atoms with Gasteiger partial charge in [-0.2, -0.15) is 0 Å². The van der Waals surface area contributed by atoms with Gasteiger partial charge in [0, 0.05) is 32.4 Å². The maximum absolute atomic E-state index is 11.7. The normalized spacial score (nSPS) is 16.5. The second-order valence-corrected chi connectivity index (χ2v) is 4.25. The molecule has 0 spiro atoms. The Bertz CT molecular complexity index is 388. The van der Waals surface area contributed by atoms with Gasteiger partial charge in [0.15, 0.2) is 0 Å². The summed E-state index contributed by atoms with van der Waals surface area (Å²) >= 11 is 0. The van der Waals surface area contributed by atoms with E-state index < -0.39 is 0 Å². The van der Waals surface area contributed by atoms with Gasteiger partial charge in [0.05, 0.1) is 25.1 Å². The average molecular weight is 250 g/mol. The summed E-state index contributed by atoms with van der Waals surface area (Å²) in [6.07, 6.45) is 3.09. The Labute approximate surface area is 106 Å². The van der Waals surface area contributed by atoms with Crippen molar-refractivity contribution in [3.63, 3.8) is 0 Å². The van der Waals surface area contributed by atoms with Crippen molar-refractivity contribution in [2.45, 2.75) is 6.92 Å². The molecule has 0 saturated carbocycles. The van der Waals surface area contributed by atoms with Crippen molar-refractivity contribution in [1.29, 1.82) is 0 Å². The topological polar surface area (TPSA) is 67.4 Å². The smallest absolute Gasteiger partial charge is 0.271 e. The van der Waals surface area contributed by atoms with E-state index in [4.69, 9.17) is 4.74 Å². The minimum atomic E-state index is -0.171. The minimum absolute atomic E-state index is 0.171. The number of nitrogens with one attached hydrogen (secondary N) is 1. The molecule has 0 radical (unpaired) electrons. The van der Waals surface area contributed by atoms with Gasteiger partial charge >= 0.3 is 0 Å². The number of aromatic nitrogens is 2. The maximum atomic E-state index is 11.7. The first kappa shape index (κ1) is 12.9. The lowest BCUT2D eigenvalue weighted by molar-refractivity contribution is 0.0383. The molecule has 98 valence electrons. The molecule has 1 aliphatic heterocycles. The number of ether oxygens (including phenoxy) is 1. The van der Waals surface area contributed by atoms with Gasteiger partial charge in [0.2, 0.25) is 0 Å². The Hall–Kier alpha value is -1.53. The molecule has 2 heterocycles. The highest BCUT2D eigenvalue weighted by atomic mass is 16.5. The molecule has 2 rings (SSSR count). The van der Waals surface area contributed by atoms with E-state index in [-0.39, 0.29) is 5.91 Å². The summed E-state index contributed by atoms with van der Waals surface area (Å²) < 4.78 is 5.26. The molecule has 1 aromatic rings. The van der Waals surface area contributed by atoms with Crippen molar-refractivity contribution in [2.75, 3.05) is 39.4 Å². The molecule has 1 aromatic heterocycles. The number of nitrogens with zero attached hydrogens (tertiary/aromatic N) is 3. The number of hydrogen-bond acceptors (Lipinski definition) is 5. The number of hydrogen-bond donors (Lipinski definition) is 1. The molecule has 0 atom stereocenters. The lowest BCUT2D eigenvalue weighted by atomic mass is 10.3. The van der Waals surface area contributed by atoms with Gasteiger partial charge in [-0.25, -0.2) is 4.98 Å². The molecule has 1 fully saturated rings. The van der Waals surface area contributed by atoms with E-state index in [2.05, 4.69) is 20.2 Å². The van der Waals surface area contributed by atoms with Crippen molar-refractivity contribution in [3.05, 3.63) is 23.8 Å². The number of carbonyl (C=O) groups is 1. The molecule has 1 N–H and O–H groups in total. The Balaban J connectivity index is 1.72. The molecular formula is C12H18N4O2. The lowest BCUT2D eigenvalue weighted by Crippen LogP contribution is -2.41. The predicted octanol–water partition coefficient (Wildman–Crippen LogP) is -0.153. The molecule has 0 bridgehead atoms. The van der Waals surface area contributed by atoms with E-state index in [1.807, 2.05) is 6.92 Å². The zero-order valence-corrected chi connectivity index (χ0v) is 10.6. The van der Waals surface area contributed by atoms with Crippen molar-refractivity contribution < 1.29 is 9.53 Å². The fraction of sp³-hybridized carbons (Fsp3) is 0.583. The van der Waals surface area contributed by atoms with Gasteiger partial charge in [0.1, 0.15) is 5.69 Å². The zero-order chi connectivity index (χ0) is 12.8. The van der Waals surface area contributed by atoms with Crippen LogP contribution in [-0.2, 0) is 4.74 Å². The van der Waals surface area contributed by atoms with Crippen LogP contribution >= 0.6 is 0 Å². The molecule has 1 aliphatic rings. The number of rotatable bonds is 4. The Kier molecular flexibility index (Phi) is 4.60. The summed E-state index contributed by atoms with van der Waals surface area (Å²) in [5.74, 6) is -0.171. The molecule has 0 aromatic carbocycles. The van der Waals surface area contributed by atoms with E-state index in [0.717, 1.165) is 38.5 Å². The van der Waals surface area contributed by atoms with Gasteiger partial charge in [-0.1, -0.05) is 0 Å². The molecule has 0 aliphatic carbocycles. The van der Waals surface area contributed by atoms with Crippen LogP contribution in [-0.4, -0.2) is 60.2 Å². The number of carbonyl (C=O) groups excluding carboxylic acids is 1. The predicted molar refractivity (Wildman–Crippen MR) is 66.4 cm³/mol. The third-order valence-corrected chi connectivity index (χ3v) is 2.83. The van der Waals surface area contributed by atoms with Crippen LogP contribution in [0.5, 0.6) is 0 Å². The Morgan fingerprint density at radius 1 is 1.39 bits per heavy atom. The highest BCUT2D eigenvalue weighted by Gasteiger charge is 2.11. The van der Waals surface area contributed by atoms with E-state index in [0.29, 0.717) is 12.2 Å². The number of aryl methyl sites for hydroxylation is 1. The highest BCUT2D eigenvalue weighted by molar-refractivity contribution is 5.91. The van der Waals surface area contributed by atoms with E-state index >= 15 is 0 Å². The van der Waals surface area contributed by atoms with Crippen LogP contribution in [0.1, 0.15) is 16.2 Å². The van der Waals surface area contributed by atoms with Gasteiger partial charge in [-0.05, 0) is 6.92 Å². The van der Waals surface area contributed by atoms with E-state index in [9.17, 15) is 4.79 Å². The zero-order valence-electron chi connectivity index (χ0n) is 10.6. The first-order valence-corrected chi connectivity index (χ1v) is 6.12. The maximum Gasteiger partial charge on any atom is 0.271 e. The Morgan fingerprint density at radius 2 is 2.17 bits per heavy atom. The van der Waals surface area contributed by atoms with Crippen molar-refractivity contribution in [2.24, 2.45) is 0 Å². The largest absolute Gasteiger partial charge is 0.379 e. The molecule has 1 saturated heterocycles. The fourth-order valence-corrected chi connectivity index (χ4v) is 1.75. The average Bonchev–Trinajstić information content (AvgIpc) is 2.40. The van der Waals surface area contributed by atoms with Crippen LogP contribution in [0.4, 0.5) is 0 Å². The lowest BCUT2D eigenvalue weighted by Gasteiger charge is -2.26. The second kappa shape index (κ2) is 6.42. The standard InChI is InChI=1S/C12H18N4O2/c1-10-8-15-11(9-14-10)12(17)13-2-3-16-4-6-18-7-5-16/h8-9H,2-7H2,1H3,(H,13,17). The van der Waals surface area contributed by atoms with E-state index in [1.165, 1.54) is 6.20 Å². The van der Waals surface area contributed by atoms with Crippen LogP contribution in [0.3, 0.4) is 0 Å². The van der Waals surface area contributed by atoms with Gasteiger partial charge < -0.3 is 10.1 Å². The second-order valence-electron chi connectivity index (χ2n) is 4.25. The van der Waals surface area contributed by atoms with E-state index in [1.54, 1.807) is 6.20 Å². The third kappa shape index (κ3) is 3.75. The molecule has 18 heavy (non-hydrogen) atoms. The van der Waals surface area contributed by atoms with Gasteiger partial charge in [-0.3, -0.25) is 14.7 Å². The summed E-state index contributed by atoms with van der Waals surface area (Å²) in [6, 6.07) is 0. The number of morpholine rings is 1. The summed E-state index contributed by atoms with van der Waals surface area (Å²) in [7, 11) is 0. The SMILES string of the molecule is Cc1cnc(C(=O)NCCN2CCOCC2)cn1. The van der Waals surface area contributed by atoms with Crippen molar-refractivity contribution >= 4 is 5.91 Å². The summed E-state index contributed by atoms with van der Waals surface area (Å²) in [4.78, 5) is 22.1. The fourth-order valence-electron chi connectivity index (χ4n) is 1.75. The van der Waals surface area contributed by atoms with Crippen LogP contribution in [0.25, 0.3) is 0 Å². The monoisotopic (exact) mass is 250 g/mol. The third-order valence-electron chi connectivity index (χ3n) is 2.83. The Morgan fingerprint density at radius 3 is 2.83 bits per heavy atom. The van der Waals surface area contributed by atoms with Crippen molar-refractivity contribution in [3.8, 4) is 0 Å². The molecule has 6 nitrogen and oxygen atoms in total.